The highest BCUT2D eigenvalue weighted by molar-refractivity contribution is 5.49. The highest BCUT2D eigenvalue weighted by atomic mass is 16.5. The largest absolute Gasteiger partial charge is 0.494 e. The standard InChI is InChI=1S/C15H26N2O/c1-16-11-6-4-5-7-12-18-15-10-8-9-14(13-15)17(2)3/h8-10,13,16H,4-7,11-12H2,1-3H3. The van der Waals surface area contributed by atoms with Crippen molar-refractivity contribution in [3.63, 3.8) is 0 Å². The molecule has 0 saturated carbocycles. The summed E-state index contributed by atoms with van der Waals surface area (Å²) in [5, 5.41) is 3.17. The van der Waals surface area contributed by atoms with Crippen LogP contribution in [0.5, 0.6) is 5.75 Å². The molecule has 0 unspecified atom stereocenters. The Morgan fingerprint density at radius 1 is 1.11 bits per heavy atom. The molecule has 0 radical (unpaired) electrons. The van der Waals surface area contributed by atoms with Crippen molar-refractivity contribution in [2.24, 2.45) is 0 Å². The van der Waals surface area contributed by atoms with E-state index in [0.29, 0.717) is 0 Å². The maximum atomic E-state index is 5.76. The summed E-state index contributed by atoms with van der Waals surface area (Å²) < 4.78 is 5.76. The zero-order valence-corrected chi connectivity index (χ0v) is 11.9. The Morgan fingerprint density at radius 2 is 1.89 bits per heavy atom. The van der Waals surface area contributed by atoms with Gasteiger partial charge in [0.15, 0.2) is 0 Å². The fourth-order valence-electron chi connectivity index (χ4n) is 1.80. The number of benzene rings is 1. The average molecular weight is 250 g/mol. The van der Waals surface area contributed by atoms with Crippen LogP contribution in [0.3, 0.4) is 0 Å². The van der Waals surface area contributed by atoms with Gasteiger partial charge in [0.25, 0.3) is 0 Å². The van der Waals surface area contributed by atoms with E-state index in [1.807, 2.05) is 33.3 Å². The molecule has 0 atom stereocenters. The molecule has 0 aliphatic carbocycles. The molecule has 3 heteroatoms. The molecule has 0 aliphatic heterocycles. The van der Waals surface area contributed by atoms with Gasteiger partial charge in [-0.05, 0) is 38.6 Å². The van der Waals surface area contributed by atoms with E-state index in [0.717, 1.165) is 25.3 Å². The Hall–Kier alpha value is -1.22. The van der Waals surface area contributed by atoms with Gasteiger partial charge in [-0.25, -0.2) is 0 Å². The summed E-state index contributed by atoms with van der Waals surface area (Å²) in [6, 6.07) is 8.23. The Balaban J connectivity index is 2.17. The monoisotopic (exact) mass is 250 g/mol. The second-order valence-electron chi connectivity index (χ2n) is 4.76. The van der Waals surface area contributed by atoms with Crippen LogP contribution in [-0.2, 0) is 0 Å². The van der Waals surface area contributed by atoms with E-state index in [2.05, 4.69) is 22.3 Å². The Kier molecular flexibility index (Phi) is 7.26. The maximum Gasteiger partial charge on any atom is 0.121 e. The number of hydrogen-bond acceptors (Lipinski definition) is 3. The lowest BCUT2D eigenvalue weighted by Crippen LogP contribution is -2.08. The summed E-state index contributed by atoms with van der Waals surface area (Å²) in [5.41, 5.74) is 1.18. The van der Waals surface area contributed by atoms with Crippen molar-refractivity contribution in [1.29, 1.82) is 0 Å². The number of rotatable bonds is 9. The first-order valence-corrected chi connectivity index (χ1v) is 6.79. The predicted molar refractivity (Wildman–Crippen MR) is 78.7 cm³/mol. The number of nitrogens with one attached hydrogen (secondary N) is 1. The Labute approximate surface area is 111 Å². The smallest absolute Gasteiger partial charge is 0.121 e. The first-order valence-electron chi connectivity index (χ1n) is 6.79. The number of anilines is 1. The van der Waals surface area contributed by atoms with E-state index in [9.17, 15) is 0 Å². The van der Waals surface area contributed by atoms with Gasteiger partial charge in [0, 0.05) is 25.8 Å². The van der Waals surface area contributed by atoms with Gasteiger partial charge in [-0.15, -0.1) is 0 Å². The van der Waals surface area contributed by atoms with Crippen molar-refractivity contribution in [3.8, 4) is 5.75 Å². The van der Waals surface area contributed by atoms with Crippen LogP contribution in [0, 0.1) is 0 Å². The molecule has 1 rings (SSSR count). The fourth-order valence-corrected chi connectivity index (χ4v) is 1.80. The molecular formula is C15H26N2O. The predicted octanol–water partition coefficient (Wildman–Crippen LogP) is 2.91. The van der Waals surface area contributed by atoms with Gasteiger partial charge >= 0.3 is 0 Å². The molecule has 3 nitrogen and oxygen atoms in total. The van der Waals surface area contributed by atoms with Gasteiger partial charge in [-0.1, -0.05) is 18.9 Å². The van der Waals surface area contributed by atoms with Crippen LogP contribution < -0.4 is 15.0 Å². The van der Waals surface area contributed by atoms with Crippen LogP contribution >= 0.6 is 0 Å². The van der Waals surface area contributed by atoms with Gasteiger partial charge in [-0.3, -0.25) is 0 Å². The zero-order valence-electron chi connectivity index (χ0n) is 11.9. The minimum atomic E-state index is 0.816. The molecule has 18 heavy (non-hydrogen) atoms. The summed E-state index contributed by atoms with van der Waals surface area (Å²) in [6.45, 7) is 1.93. The minimum absolute atomic E-state index is 0.816. The fraction of sp³-hybridized carbons (Fsp3) is 0.600. The number of unbranched alkanes of at least 4 members (excludes halogenated alkanes) is 3. The van der Waals surface area contributed by atoms with Crippen LogP contribution in [0.4, 0.5) is 5.69 Å². The van der Waals surface area contributed by atoms with E-state index < -0.39 is 0 Å². The Morgan fingerprint density at radius 3 is 2.61 bits per heavy atom. The van der Waals surface area contributed by atoms with Crippen molar-refractivity contribution in [3.05, 3.63) is 24.3 Å². The van der Waals surface area contributed by atoms with Crippen LogP contribution in [0.1, 0.15) is 25.7 Å². The van der Waals surface area contributed by atoms with Crippen molar-refractivity contribution in [1.82, 2.24) is 5.32 Å². The number of hydrogen-bond donors (Lipinski definition) is 1. The van der Waals surface area contributed by atoms with Gasteiger partial charge in [0.05, 0.1) is 6.61 Å². The van der Waals surface area contributed by atoms with Gasteiger partial charge in [0.1, 0.15) is 5.75 Å². The van der Waals surface area contributed by atoms with E-state index in [4.69, 9.17) is 4.74 Å². The molecule has 0 bridgehead atoms. The number of ether oxygens (including phenoxy) is 1. The van der Waals surface area contributed by atoms with Gasteiger partial charge < -0.3 is 15.0 Å². The molecule has 1 N–H and O–H groups in total. The highest BCUT2D eigenvalue weighted by Gasteiger charge is 1.98. The molecule has 0 aliphatic rings. The summed E-state index contributed by atoms with van der Waals surface area (Å²) in [5.74, 6) is 0.969. The lowest BCUT2D eigenvalue weighted by molar-refractivity contribution is 0.304. The van der Waals surface area contributed by atoms with E-state index in [-0.39, 0.29) is 0 Å². The van der Waals surface area contributed by atoms with Crippen LogP contribution in [-0.4, -0.2) is 34.3 Å². The highest BCUT2D eigenvalue weighted by Crippen LogP contribution is 2.19. The third-order valence-electron chi connectivity index (χ3n) is 2.92. The number of nitrogens with zero attached hydrogens (tertiary/aromatic N) is 1. The minimum Gasteiger partial charge on any atom is -0.494 e. The van der Waals surface area contributed by atoms with E-state index in [1.54, 1.807) is 0 Å². The molecule has 0 saturated heterocycles. The molecule has 0 fully saturated rings. The second-order valence-corrected chi connectivity index (χ2v) is 4.76. The van der Waals surface area contributed by atoms with Crippen molar-refractivity contribution in [2.75, 3.05) is 39.2 Å². The molecule has 0 spiro atoms. The first-order chi connectivity index (χ1) is 8.74. The molecule has 102 valence electrons. The zero-order chi connectivity index (χ0) is 13.2. The van der Waals surface area contributed by atoms with Crippen LogP contribution in [0.25, 0.3) is 0 Å². The molecule has 1 aromatic carbocycles. The van der Waals surface area contributed by atoms with Gasteiger partial charge in [0.2, 0.25) is 0 Å². The summed E-state index contributed by atoms with van der Waals surface area (Å²) >= 11 is 0. The molecular weight excluding hydrogens is 224 g/mol. The molecule has 0 amide bonds. The van der Waals surface area contributed by atoms with Crippen molar-refractivity contribution >= 4 is 5.69 Å². The SMILES string of the molecule is CNCCCCCCOc1cccc(N(C)C)c1. The summed E-state index contributed by atoms with van der Waals surface area (Å²) in [6.07, 6.45) is 4.92. The topological polar surface area (TPSA) is 24.5 Å². The second kappa shape index (κ2) is 8.81. The molecule has 0 aromatic heterocycles. The summed E-state index contributed by atoms with van der Waals surface area (Å²) in [4.78, 5) is 2.09. The van der Waals surface area contributed by atoms with E-state index in [1.165, 1.54) is 24.9 Å². The van der Waals surface area contributed by atoms with Crippen molar-refractivity contribution < 1.29 is 4.74 Å². The summed E-state index contributed by atoms with van der Waals surface area (Å²) in [7, 11) is 6.09. The van der Waals surface area contributed by atoms with Gasteiger partial charge in [-0.2, -0.15) is 0 Å². The maximum absolute atomic E-state index is 5.76. The quantitative estimate of drug-likeness (QED) is 0.682. The third kappa shape index (κ3) is 5.92. The first kappa shape index (κ1) is 14.8. The van der Waals surface area contributed by atoms with Crippen molar-refractivity contribution in [2.45, 2.75) is 25.7 Å². The normalized spacial score (nSPS) is 10.4. The van der Waals surface area contributed by atoms with Crippen LogP contribution in [0.15, 0.2) is 24.3 Å². The molecule has 0 heterocycles. The molecule has 1 aromatic rings. The van der Waals surface area contributed by atoms with E-state index >= 15 is 0 Å². The lowest BCUT2D eigenvalue weighted by Gasteiger charge is -2.14. The average Bonchev–Trinajstić information content (AvgIpc) is 2.38. The Bertz CT molecular complexity index is 326. The third-order valence-corrected chi connectivity index (χ3v) is 2.92. The lowest BCUT2D eigenvalue weighted by atomic mass is 10.2. The van der Waals surface area contributed by atoms with Crippen LogP contribution in [0.2, 0.25) is 0 Å².